The van der Waals surface area contributed by atoms with Crippen molar-refractivity contribution in [1.29, 1.82) is 0 Å². The van der Waals surface area contributed by atoms with Gasteiger partial charge in [0.25, 0.3) is 0 Å². The molecule has 0 aromatic heterocycles. The van der Waals surface area contributed by atoms with E-state index >= 15 is 0 Å². The van der Waals surface area contributed by atoms with Crippen molar-refractivity contribution in [2.24, 2.45) is 5.92 Å². The first-order valence-electron chi connectivity index (χ1n) is 6.73. The summed E-state index contributed by atoms with van der Waals surface area (Å²) >= 11 is 0. The molecule has 2 rings (SSSR count). The predicted molar refractivity (Wildman–Crippen MR) is 62.9 cm³/mol. The smallest absolute Gasteiger partial charge is 0.0664 e. The van der Waals surface area contributed by atoms with Crippen molar-refractivity contribution in [3.05, 3.63) is 0 Å². The Hall–Kier alpha value is -0.0800. The number of β-amino-alcohol motifs (C(OH)–C–C–N with tert-alkyl or cyclic N) is 1. The van der Waals surface area contributed by atoms with Gasteiger partial charge in [-0.05, 0) is 44.6 Å². The van der Waals surface area contributed by atoms with Gasteiger partial charge >= 0.3 is 0 Å². The SMILES string of the molecule is CCC(O)CN1CCCC1C1CCCC1. The van der Waals surface area contributed by atoms with Gasteiger partial charge in [-0.2, -0.15) is 0 Å². The van der Waals surface area contributed by atoms with Crippen LogP contribution in [0.4, 0.5) is 0 Å². The predicted octanol–water partition coefficient (Wildman–Crippen LogP) is 2.41. The maximum Gasteiger partial charge on any atom is 0.0664 e. The van der Waals surface area contributed by atoms with Gasteiger partial charge in [-0.15, -0.1) is 0 Å². The summed E-state index contributed by atoms with van der Waals surface area (Å²) in [6.45, 7) is 4.21. The lowest BCUT2D eigenvalue weighted by atomic mass is 9.96. The van der Waals surface area contributed by atoms with Gasteiger partial charge in [-0.25, -0.2) is 0 Å². The molecule has 2 nitrogen and oxygen atoms in total. The van der Waals surface area contributed by atoms with E-state index in [1.165, 1.54) is 45.1 Å². The number of aliphatic hydroxyl groups excluding tert-OH is 1. The van der Waals surface area contributed by atoms with Gasteiger partial charge in [-0.3, -0.25) is 4.90 Å². The fourth-order valence-electron chi connectivity index (χ4n) is 3.35. The molecule has 0 radical (unpaired) electrons. The van der Waals surface area contributed by atoms with E-state index in [1.54, 1.807) is 0 Å². The van der Waals surface area contributed by atoms with Crippen molar-refractivity contribution in [1.82, 2.24) is 4.90 Å². The van der Waals surface area contributed by atoms with Gasteiger partial charge in [0.15, 0.2) is 0 Å². The van der Waals surface area contributed by atoms with Crippen molar-refractivity contribution >= 4 is 0 Å². The standard InChI is InChI=1S/C13H25NO/c1-2-12(15)10-14-9-5-8-13(14)11-6-3-4-7-11/h11-13,15H,2-10H2,1H3. The average Bonchev–Trinajstić information content (AvgIpc) is 2.86. The number of rotatable bonds is 4. The van der Waals surface area contributed by atoms with Crippen LogP contribution in [0.5, 0.6) is 0 Å². The minimum absolute atomic E-state index is 0.105. The summed E-state index contributed by atoms with van der Waals surface area (Å²) in [4.78, 5) is 2.56. The number of hydrogen-bond acceptors (Lipinski definition) is 2. The molecule has 88 valence electrons. The average molecular weight is 211 g/mol. The number of likely N-dealkylation sites (tertiary alicyclic amines) is 1. The quantitative estimate of drug-likeness (QED) is 0.772. The van der Waals surface area contributed by atoms with Crippen LogP contribution in [0.3, 0.4) is 0 Å². The van der Waals surface area contributed by atoms with E-state index < -0.39 is 0 Å². The lowest BCUT2D eigenvalue weighted by molar-refractivity contribution is 0.0870. The third-order valence-corrected chi connectivity index (χ3v) is 4.27. The van der Waals surface area contributed by atoms with E-state index in [1.807, 2.05) is 0 Å². The van der Waals surface area contributed by atoms with Crippen molar-refractivity contribution in [2.45, 2.75) is 64.0 Å². The zero-order valence-electron chi connectivity index (χ0n) is 9.99. The summed E-state index contributed by atoms with van der Waals surface area (Å²) in [7, 11) is 0. The second-order valence-corrected chi connectivity index (χ2v) is 5.31. The number of hydrogen-bond donors (Lipinski definition) is 1. The maximum atomic E-state index is 9.74. The van der Waals surface area contributed by atoms with E-state index in [0.717, 1.165) is 24.9 Å². The van der Waals surface area contributed by atoms with Gasteiger partial charge in [-0.1, -0.05) is 19.8 Å². The third kappa shape index (κ3) is 2.73. The summed E-state index contributed by atoms with van der Waals surface area (Å²) in [6.07, 6.45) is 9.25. The Morgan fingerprint density at radius 2 is 1.93 bits per heavy atom. The Labute approximate surface area is 93.7 Å². The number of nitrogens with zero attached hydrogens (tertiary/aromatic N) is 1. The molecule has 0 amide bonds. The Balaban J connectivity index is 1.86. The van der Waals surface area contributed by atoms with Crippen LogP contribution in [0.25, 0.3) is 0 Å². The molecule has 2 fully saturated rings. The monoisotopic (exact) mass is 211 g/mol. The largest absolute Gasteiger partial charge is 0.392 e. The van der Waals surface area contributed by atoms with E-state index in [4.69, 9.17) is 0 Å². The van der Waals surface area contributed by atoms with Gasteiger partial charge in [0, 0.05) is 12.6 Å². The molecular formula is C13H25NO. The molecule has 15 heavy (non-hydrogen) atoms. The van der Waals surface area contributed by atoms with E-state index in [-0.39, 0.29) is 6.10 Å². The molecule has 1 aliphatic heterocycles. The van der Waals surface area contributed by atoms with Crippen LogP contribution in [0.15, 0.2) is 0 Å². The summed E-state index contributed by atoms with van der Waals surface area (Å²) in [5, 5.41) is 9.74. The highest BCUT2D eigenvalue weighted by molar-refractivity contribution is 4.88. The Morgan fingerprint density at radius 1 is 1.20 bits per heavy atom. The minimum Gasteiger partial charge on any atom is -0.392 e. The maximum absolute atomic E-state index is 9.74. The van der Waals surface area contributed by atoms with Crippen LogP contribution in [0.2, 0.25) is 0 Å². The zero-order valence-corrected chi connectivity index (χ0v) is 9.99. The lowest BCUT2D eigenvalue weighted by Gasteiger charge is -2.30. The molecular weight excluding hydrogens is 186 g/mol. The van der Waals surface area contributed by atoms with Crippen molar-refractivity contribution in [2.75, 3.05) is 13.1 Å². The van der Waals surface area contributed by atoms with E-state index in [9.17, 15) is 5.11 Å². The van der Waals surface area contributed by atoms with Crippen LogP contribution in [0.1, 0.15) is 51.9 Å². The molecule has 2 heteroatoms. The van der Waals surface area contributed by atoms with Gasteiger partial charge in [0.1, 0.15) is 0 Å². The first-order chi connectivity index (χ1) is 7.31. The molecule has 1 aliphatic carbocycles. The van der Waals surface area contributed by atoms with E-state index in [0.29, 0.717) is 0 Å². The molecule has 2 aliphatic rings. The molecule has 2 unspecified atom stereocenters. The van der Waals surface area contributed by atoms with Crippen LogP contribution in [-0.2, 0) is 0 Å². The Morgan fingerprint density at radius 3 is 2.60 bits per heavy atom. The first kappa shape index (κ1) is 11.4. The molecule has 2 atom stereocenters. The zero-order chi connectivity index (χ0) is 10.7. The molecule has 0 spiro atoms. The fourth-order valence-corrected chi connectivity index (χ4v) is 3.35. The summed E-state index contributed by atoms with van der Waals surface area (Å²) < 4.78 is 0. The minimum atomic E-state index is -0.105. The second-order valence-electron chi connectivity index (χ2n) is 5.31. The van der Waals surface area contributed by atoms with Crippen LogP contribution < -0.4 is 0 Å². The highest BCUT2D eigenvalue weighted by Gasteiger charge is 2.33. The van der Waals surface area contributed by atoms with Gasteiger partial charge in [0.05, 0.1) is 6.10 Å². The highest BCUT2D eigenvalue weighted by atomic mass is 16.3. The molecule has 1 N–H and O–H groups in total. The topological polar surface area (TPSA) is 23.5 Å². The molecule has 0 aromatic carbocycles. The van der Waals surface area contributed by atoms with Crippen LogP contribution in [-0.4, -0.2) is 35.2 Å². The van der Waals surface area contributed by atoms with Crippen LogP contribution >= 0.6 is 0 Å². The molecule has 1 heterocycles. The first-order valence-corrected chi connectivity index (χ1v) is 6.73. The Kier molecular flexibility index (Phi) is 4.04. The third-order valence-electron chi connectivity index (χ3n) is 4.27. The van der Waals surface area contributed by atoms with Crippen molar-refractivity contribution in [3.63, 3.8) is 0 Å². The second kappa shape index (κ2) is 5.31. The molecule has 1 saturated carbocycles. The molecule has 0 bridgehead atoms. The summed E-state index contributed by atoms with van der Waals surface area (Å²) in [6, 6.07) is 0.800. The highest BCUT2D eigenvalue weighted by Crippen LogP contribution is 2.35. The lowest BCUT2D eigenvalue weighted by Crippen LogP contribution is -2.39. The van der Waals surface area contributed by atoms with Gasteiger partial charge < -0.3 is 5.11 Å². The van der Waals surface area contributed by atoms with Crippen molar-refractivity contribution < 1.29 is 5.11 Å². The normalized spacial score (nSPS) is 31.2. The summed E-state index contributed by atoms with van der Waals surface area (Å²) in [5.74, 6) is 0.941. The van der Waals surface area contributed by atoms with E-state index in [2.05, 4.69) is 11.8 Å². The Bertz CT molecular complexity index is 189. The van der Waals surface area contributed by atoms with Crippen LogP contribution in [0, 0.1) is 5.92 Å². The fraction of sp³-hybridized carbons (Fsp3) is 1.00. The number of aliphatic hydroxyl groups is 1. The molecule has 1 saturated heterocycles. The molecule has 0 aromatic rings. The van der Waals surface area contributed by atoms with Gasteiger partial charge in [0.2, 0.25) is 0 Å². The summed E-state index contributed by atoms with van der Waals surface area (Å²) in [5.41, 5.74) is 0. The van der Waals surface area contributed by atoms with Crippen molar-refractivity contribution in [3.8, 4) is 0 Å².